The fourth-order valence-electron chi connectivity index (χ4n) is 3.39. The first-order valence-electron chi connectivity index (χ1n) is 9.15. The van der Waals surface area contributed by atoms with Crippen LogP contribution in [-0.4, -0.2) is 30.6 Å². The van der Waals surface area contributed by atoms with E-state index in [1.54, 1.807) is 7.11 Å². The van der Waals surface area contributed by atoms with Crippen LogP contribution in [0.1, 0.15) is 19.8 Å². The van der Waals surface area contributed by atoms with Crippen LogP contribution < -0.4 is 15.8 Å². The molecule has 29 heavy (non-hydrogen) atoms. The van der Waals surface area contributed by atoms with Crippen LogP contribution >= 0.6 is 48.0 Å². The fourth-order valence-corrected chi connectivity index (χ4v) is 3.93. The number of hydrogen-bond acceptors (Lipinski definition) is 4. The van der Waals surface area contributed by atoms with Gasteiger partial charge in [0.25, 0.3) is 0 Å². The second kappa shape index (κ2) is 11.9. The first kappa shape index (κ1) is 25.9. The third-order valence-electron chi connectivity index (χ3n) is 4.86. The summed E-state index contributed by atoms with van der Waals surface area (Å²) in [5.74, 6) is 1.95. The molecule has 0 aliphatic carbocycles. The molecule has 160 valence electrons. The van der Waals surface area contributed by atoms with Crippen molar-refractivity contribution in [2.45, 2.75) is 25.8 Å². The molecule has 1 aromatic heterocycles. The molecule has 0 saturated heterocycles. The van der Waals surface area contributed by atoms with Gasteiger partial charge in [0.15, 0.2) is 0 Å². The molecule has 0 aliphatic heterocycles. The zero-order valence-electron chi connectivity index (χ0n) is 16.5. The topological polar surface area (TPSA) is 60.2 Å². The highest BCUT2D eigenvalue weighted by atomic mass is 35.5. The number of halogens is 4. The summed E-state index contributed by atoms with van der Waals surface area (Å²) in [7, 11) is 1.67. The predicted molar refractivity (Wildman–Crippen MR) is 131 cm³/mol. The average molecular weight is 479 g/mol. The van der Waals surface area contributed by atoms with Crippen molar-refractivity contribution in [1.29, 1.82) is 0 Å². The van der Waals surface area contributed by atoms with Crippen molar-refractivity contribution in [3.05, 3.63) is 41.4 Å². The molecule has 0 bridgehead atoms. The number of fused-ring (bicyclic) bond motifs is 2. The highest BCUT2D eigenvalue weighted by Crippen LogP contribution is 2.35. The maximum Gasteiger partial charge on any atom is 0.119 e. The number of nitrogens with two attached hydrogens (primary N) is 1. The quantitative estimate of drug-likeness (QED) is 0.295. The Hall–Kier alpha value is -1.17. The summed E-state index contributed by atoms with van der Waals surface area (Å²) in [5.41, 5.74) is 8.83. The molecule has 0 spiro atoms. The summed E-state index contributed by atoms with van der Waals surface area (Å²) in [6, 6.07) is 11.8. The molecule has 8 heteroatoms. The largest absolute Gasteiger partial charge is 0.497 e. The summed E-state index contributed by atoms with van der Waals surface area (Å²) in [4.78, 5) is 4.77. The van der Waals surface area contributed by atoms with E-state index in [1.165, 1.54) is 0 Å². The van der Waals surface area contributed by atoms with E-state index in [0.29, 0.717) is 23.4 Å². The second-order valence-electron chi connectivity index (χ2n) is 6.93. The van der Waals surface area contributed by atoms with E-state index in [2.05, 4.69) is 12.2 Å². The molecule has 0 radical (unpaired) electrons. The lowest BCUT2D eigenvalue weighted by atomic mass is 9.98. The molecule has 1 heterocycles. The zero-order valence-corrected chi connectivity index (χ0v) is 19.6. The van der Waals surface area contributed by atoms with E-state index in [1.807, 2.05) is 36.4 Å². The van der Waals surface area contributed by atoms with Gasteiger partial charge in [0.2, 0.25) is 0 Å². The zero-order chi connectivity index (χ0) is 19.4. The maximum atomic E-state index is 6.19. The van der Waals surface area contributed by atoms with Crippen LogP contribution in [0.4, 0.5) is 5.69 Å². The van der Waals surface area contributed by atoms with Crippen LogP contribution in [0.15, 0.2) is 36.4 Å². The molecule has 0 saturated carbocycles. The Labute approximate surface area is 194 Å². The van der Waals surface area contributed by atoms with Crippen molar-refractivity contribution in [3.8, 4) is 5.75 Å². The molecule has 2 unspecified atom stereocenters. The number of nitrogens with zero attached hydrogens (tertiary/aromatic N) is 1. The number of anilines is 1. The second-order valence-corrected chi connectivity index (χ2v) is 7.74. The van der Waals surface area contributed by atoms with Crippen LogP contribution in [0.3, 0.4) is 0 Å². The van der Waals surface area contributed by atoms with Crippen molar-refractivity contribution in [1.82, 2.24) is 4.98 Å². The minimum atomic E-state index is 0. The minimum absolute atomic E-state index is 0. The molecule has 2 atom stereocenters. The van der Waals surface area contributed by atoms with Crippen LogP contribution in [-0.2, 0) is 0 Å². The highest BCUT2D eigenvalue weighted by Gasteiger charge is 2.16. The summed E-state index contributed by atoms with van der Waals surface area (Å²) in [5, 5.41) is 6.36. The number of methoxy groups -OCH3 is 1. The Bertz CT molecular complexity index is 939. The van der Waals surface area contributed by atoms with E-state index in [0.717, 1.165) is 46.1 Å². The average Bonchev–Trinajstić information content (AvgIpc) is 2.66. The molecule has 4 nitrogen and oxygen atoms in total. The Morgan fingerprint density at radius 2 is 1.86 bits per heavy atom. The van der Waals surface area contributed by atoms with Crippen molar-refractivity contribution < 1.29 is 4.74 Å². The van der Waals surface area contributed by atoms with Crippen LogP contribution in [0.2, 0.25) is 5.02 Å². The van der Waals surface area contributed by atoms with Crippen LogP contribution in [0, 0.1) is 5.92 Å². The van der Waals surface area contributed by atoms with E-state index in [-0.39, 0.29) is 30.9 Å². The van der Waals surface area contributed by atoms with Crippen molar-refractivity contribution in [3.63, 3.8) is 0 Å². The van der Waals surface area contributed by atoms with Gasteiger partial charge in [0.05, 0.1) is 23.8 Å². The van der Waals surface area contributed by atoms with Crippen LogP contribution in [0.25, 0.3) is 21.8 Å². The van der Waals surface area contributed by atoms with E-state index >= 15 is 0 Å². The molecule has 3 N–H and O–H groups in total. The number of alkyl halides is 1. The van der Waals surface area contributed by atoms with Gasteiger partial charge >= 0.3 is 0 Å². The van der Waals surface area contributed by atoms with Gasteiger partial charge in [-0.3, -0.25) is 0 Å². The number of hydrogen-bond donors (Lipinski definition) is 2. The van der Waals surface area contributed by atoms with Crippen LogP contribution in [0.5, 0.6) is 5.75 Å². The van der Waals surface area contributed by atoms with Gasteiger partial charge in [-0.1, -0.05) is 18.5 Å². The molecular formula is C21H27Cl4N3O. The molecule has 3 aromatic rings. The monoisotopic (exact) mass is 477 g/mol. The first-order chi connectivity index (χ1) is 13.0. The van der Waals surface area contributed by atoms with Crippen molar-refractivity contribution in [2.24, 2.45) is 11.7 Å². The minimum Gasteiger partial charge on any atom is -0.497 e. The summed E-state index contributed by atoms with van der Waals surface area (Å²) in [6.07, 6.45) is 1.92. The number of ether oxygens (including phenoxy) is 1. The number of pyridine rings is 1. The summed E-state index contributed by atoms with van der Waals surface area (Å²) in [6.45, 7) is 2.74. The molecule has 2 aromatic carbocycles. The lowest BCUT2D eigenvalue weighted by molar-refractivity contribution is 0.415. The van der Waals surface area contributed by atoms with E-state index in [9.17, 15) is 0 Å². The highest BCUT2D eigenvalue weighted by molar-refractivity contribution is 6.31. The van der Waals surface area contributed by atoms with Crippen molar-refractivity contribution >= 4 is 75.5 Å². The maximum absolute atomic E-state index is 6.19. The molecule has 0 amide bonds. The lowest BCUT2D eigenvalue weighted by Crippen LogP contribution is -2.31. The number of benzene rings is 2. The number of aromatic nitrogens is 1. The molecule has 3 rings (SSSR count). The Balaban J connectivity index is 0.00000210. The van der Waals surface area contributed by atoms with Gasteiger partial charge in [-0.05, 0) is 55.2 Å². The van der Waals surface area contributed by atoms with Gasteiger partial charge in [-0.2, -0.15) is 0 Å². The Morgan fingerprint density at radius 3 is 2.52 bits per heavy atom. The van der Waals surface area contributed by atoms with Gasteiger partial charge in [0.1, 0.15) is 5.75 Å². The number of nitrogens with one attached hydrogen (secondary N) is 1. The Morgan fingerprint density at radius 1 is 1.10 bits per heavy atom. The third kappa shape index (κ3) is 6.16. The predicted octanol–water partition coefficient (Wildman–Crippen LogP) is 6.29. The normalized spacial score (nSPS) is 12.7. The van der Waals surface area contributed by atoms with Crippen molar-refractivity contribution in [2.75, 3.05) is 24.9 Å². The van der Waals surface area contributed by atoms with Gasteiger partial charge in [-0.25, -0.2) is 4.98 Å². The van der Waals surface area contributed by atoms with E-state index in [4.69, 9.17) is 38.7 Å². The standard InChI is InChI=1S/C21H25Cl2N3O.2ClH/c1-13(7-8-22)9-15(12-24)25-21-17-5-3-14(23)10-20(17)26-19-6-4-16(27-2)11-18(19)21;;/h3-6,10-11,13,15H,7-9,12,24H2,1-2H3,(H,25,26);2*1H. The van der Waals surface area contributed by atoms with Gasteiger partial charge < -0.3 is 15.8 Å². The van der Waals surface area contributed by atoms with Gasteiger partial charge in [0, 0.05) is 34.3 Å². The third-order valence-corrected chi connectivity index (χ3v) is 5.32. The smallest absolute Gasteiger partial charge is 0.119 e. The molecule has 0 fully saturated rings. The SMILES string of the molecule is COc1ccc2nc3cc(Cl)ccc3c(NC(CN)CC(C)CCCl)c2c1.Cl.Cl. The van der Waals surface area contributed by atoms with Gasteiger partial charge in [-0.15, -0.1) is 36.4 Å². The van der Waals surface area contributed by atoms with E-state index < -0.39 is 0 Å². The number of rotatable bonds is 8. The lowest BCUT2D eigenvalue weighted by Gasteiger charge is -2.23. The first-order valence-corrected chi connectivity index (χ1v) is 10.1. The Kier molecular flexibility index (Phi) is 10.6. The summed E-state index contributed by atoms with van der Waals surface area (Å²) >= 11 is 12.1. The molecule has 0 aliphatic rings. The summed E-state index contributed by atoms with van der Waals surface area (Å²) < 4.78 is 5.42. The fraction of sp³-hybridized carbons (Fsp3) is 0.381. The molecular weight excluding hydrogens is 452 g/mol.